The van der Waals surface area contributed by atoms with Gasteiger partial charge in [-0.05, 0) is 11.6 Å². The maximum absolute atomic E-state index is 4.16. The Morgan fingerprint density at radius 2 is 1.75 bits per heavy atom. The van der Waals surface area contributed by atoms with E-state index in [2.05, 4.69) is 44.0 Å². The Morgan fingerprint density at radius 3 is 2.33 bits per heavy atom. The van der Waals surface area contributed by atoms with Gasteiger partial charge in [0, 0.05) is 17.0 Å². The van der Waals surface area contributed by atoms with Crippen molar-refractivity contribution in [2.24, 2.45) is 0 Å². The molecule has 0 amide bonds. The van der Waals surface area contributed by atoms with Gasteiger partial charge in [-0.15, -0.1) is 0 Å². The molecule has 2 rings (SSSR count). The Bertz CT molecular complexity index is 293. The Morgan fingerprint density at radius 1 is 1.08 bits per heavy atom. The van der Waals surface area contributed by atoms with E-state index in [9.17, 15) is 0 Å². The second-order valence-electron chi connectivity index (χ2n) is 4.54. The largest absolute Gasteiger partial charge is 0.159 e. The van der Waals surface area contributed by atoms with Gasteiger partial charge in [-0.1, -0.05) is 27.7 Å². The molecule has 0 N–H and O–H groups in total. The molecular weight excluding hydrogens is 148 g/mol. The van der Waals surface area contributed by atoms with E-state index in [-0.39, 0.29) is 10.8 Å². The zero-order chi connectivity index (χ0) is 8.98. The summed E-state index contributed by atoms with van der Waals surface area (Å²) in [4.78, 5) is 0. The Balaban J connectivity index is 2.64. The molecule has 0 aromatic carbocycles. The number of rotatable bonds is 0. The summed E-state index contributed by atoms with van der Waals surface area (Å²) in [7, 11) is 0. The van der Waals surface area contributed by atoms with Crippen LogP contribution in [0.15, 0.2) is 12.3 Å². The smallest absolute Gasteiger partial charge is 0.0733 e. The van der Waals surface area contributed by atoms with Crippen LogP contribution in [0.3, 0.4) is 0 Å². The van der Waals surface area contributed by atoms with Gasteiger partial charge in [0.25, 0.3) is 0 Å². The highest BCUT2D eigenvalue weighted by molar-refractivity contribution is 5.47. The molecule has 0 saturated carbocycles. The van der Waals surface area contributed by atoms with Crippen LogP contribution in [0.4, 0.5) is 0 Å². The fraction of sp³-hybridized carbons (Fsp3) is 0.600. The predicted octanol–water partition coefficient (Wildman–Crippen LogP) is 2.05. The summed E-state index contributed by atoms with van der Waals surface area (Å²) in [6.07, 6.45) is 1.77. The van der Waals surface area contributed by atoms with Crippen molar-refractivity contribution in [3.05, 3.63) is 23.5 Å². The second-order valence-corrected chi connectivity index (χ2v) is 4.54. The molecule has 1 aromatic heterocycles. The molecule has 0 aliphatic heterocycles. The zero-order valence-electron chi connectivity index (χ0n) is 8.05. The van der Waals surface area contributed by atoms with Crippen LogP contribution in [0.1, 0.15) is 39.0 Å². The average Bonchev–Trinajstić information content (AvgIpc) is 2.04. The third kappa shape index (κ3) is 0.614. The number of fused-ring (bicyclic) bond motifs is 1. The van der Waals surface area contributed by atoms with Crippen LogP contribution >= 0.6 is 0 Å². The van der Waals surface area contributed by atoms with Crippen LogP contribution in [0.5, 0.6) is 0 Å². The van der Waals surface area contributed by atoms with Crippen molar-refractivity contribution in [1.82, 2.24) is 10.2 Å². The van der Waals surface area contributed by atoms with Crippen molar-refractivity contribution in [3.8, 4) is 0 Å². The van der Waals surface area contributed by atoms with Gasteiger partial charge >= 0.3 is 0 Å². The van der Waals surface area contributed by atoms with Crippen molar-refractivity contribution in [2.75, 3.05) is 0 Å². The van der Waals surface area contributed by atoms with E-state index in [1.54, 1.807) is 6.20 Å². The topological polar surface area (TPSA) is 25.8 Å². The minimum absolute atomic E-state index is 0.177. The van der Waals surface area contributed by atoms with Crippen molar-refractivity contribution >= 4 is 0 Å². The molecule has 1 aliphatic carbocycles. The highest BCUT2D eigenvalue weighted by Gasteiger charge is 2.52. The molecule has 0 unspecified atom stereocenters. The maximum atomic E-state index is 4.16. The van der Waals surface area contributed by atoms with E-state index in [4.69, 9.17) is 0 Å². The molecule has 0 saturated heterocycles. The number of aromatic nitrogens is 2. The van der Waals surface area contributed by atoms with E-state index < -0.39 is 0 Å². The van der Waals surface area contributed by atoms with E-state index in [0.717, 1.165) is 5.69 Å². The van der Waals surface area contributed by atoms with Gasteiger partial charge in [-0.2, -0.15) is 10.2 Å². The molecule has 1 aliphatic rings. The summed E-state index contributed by atoms with van der Waals surface area (Å²) in [5.41, 5.74) is 2.94. The van der Waals surface area contributed by atoms with E-state index in [0.29, 0.717) is 0 Å². The van der Waals surface area contributed by atoms with Gasteiger partial charge < -0.3 is 0 Å². The molecule has 12 heavy (non-hydrogen) atoms. The minimum atomic E-state index is 0.177. The normalized spacial score (nSPS) is 22.7. The van der Waals surface area contributed by atoms with Crippen LogP contribution in [-0.2, 0) is 10.8 Å². The number of hydrogen-bond acceptors (Lipinski definition) is 2. The summed E-state index contributed by atoms with van der Waals surface area (Å²) >= 11 is 0. The lowest BCUT2D eigenvalue weighted by atomic mass is 9.52. The lowest BCUT2D eigenvalue weighted by Crippen LogP contribution is -2.51. The maximum Gasteiger partial charge on any atom is 0.0733 e. The third-order valence-electron chi connectivity index (χ3n) is 3.55. The fourth-order valence-electron chi connectivity index (χ4n) is 1.87. The highest BCUT2D eigenvalue weighted by atomic mass is 15.1. The Hall–Kier alpha value is -0.920. The quantitative estimate of drug-likeness (QED) is 0.583. The van der Waals surface area contributed by atoms with Crippen molar-refractivity contribution in [3.63, 3.8) is 0 Å². The SMILES string of the molecule is CC1(C)c2ccnnc2C1(C)C. The van der Waals surface area contributed by atoms with Gasteiger partial charge in [-0.3, -0.25) is 0 Å². The molecule has 1 aromatic rings. The molecule has 1 heterocycles. The molecule has 64 valence electrons. The second kappa shape index (κ2) is 1.87. The Labute approximate surface area is 73.0 Å². The highest BCUT2D eigenvalue weighted by Crippen LogP contribution is 2.53. The average molecular weight is 162 g/mol. The minimum Gasteiger partial charge on any atom is -0.159 e. The van der Waals surface area contributed by atoms with E-state index >= 15 is 0 Å². The van der Waals surface area contributed by atoms with Crippen LogP contribution in [-0.4, -0.2) is 10.2 Å². The summed E-state index contributed by atoms with van der Waals surface area (Å²) in [5.74, 6) is 0. The Kier molecular flexibility index (Phi) is 1.20. The molecule has 0 radical (unpaired) electrons. The van der Waals surface area contributed by atoms with Gasteiger partial charge in [0.05, 0.1) is 5.69 Å². The first-order chi connectivity index (χ1) is 5.48. The first kappa shape index (κ1) is 7.71. The lowest BCUT2D eigenvalue weighted by Gasteiger charge is -2.52. The van der Waals surface area contributed by atoms with E-state index in [1.165, 1.54) is 5.56 Å². The number of nitrogens with zero attached hydrogens (tertiary/aromatic N) is 2. The monoisotopic (exact) mass is 162 g/mol. The van der Waals surface area contributed by atoms with Crippen molar-refractivity contribution < 1.29 is 0 Å². The molecule has 2 nitrogen and oxygen atoms in total. The predicted molar refractivity (Wildman–Crippen MR) is 48.1 cm³/mol. The van der Waals surface area contributed by atoms with Crippen molar-refractivity contribution in [1.29, 1.82) is 0 Å². The summed E-state index contributed by atoms with van der Waals surface area (Å²) in [5, 5.41) is 8.07. The molecular formula is C10H14N2. The summed E-state index contributed by atoms with van der Waals surface area (Å²) < 4.78 is 0. The molecule has 0 bridgehead atoms. The summed E-state index contributed by atoms with van der Waals surface area (Å²) in [6, 6.07) is 2.08. The third-order valence-corrected chi connectivity index (χ3v) is 3.55. The standard InChI is InChI=1S/C10H14N2/c1-9(2)7-5-6-11-12-8(7)10(9,3)4/h5-6H,1-4H3. The number of hydrogen-bond donors (Lipinski definition) is 0. The first-order valence-electron chi connectivity index (χ1n) is 4.30. The van der Waals surface area contributed by atoms with Gasteiger partial charge in [0.15, 0.2) is 0 Å². The summed E-state index contributed by atoms with van der Waals surface area (Å²) in [6.45, 7) is 8.97. The van der Waals surface area contributed by atoms with Crippen molar-refractivity contribution in [2.45, 2.75) is 38.5 Å². The van der Waals surface area contributed by atoms with Crippen LogP contribution in [0.2, 0.25) is 0 Å². The van der Waals surface area contributed by atoms with Gasteiger partial charge in [0.1, 0.15) is 0 Å². The van der Waals surface area contributed by atoms with Gasteiger partial charge in [-0.25, -0.2) is 0 Å². The molecule has 0 spiro atoms. The molecule has 2 heteroatoms. The van der Waals surface area contributed by atoms with Crippen LogP contribution < -0.4 is 0 Å². The molecule has 0 atom stereocenters. The van der Waals surface area contributed by atoms with Gasteiger partial charge in [0.2, 0.25) is 0 Å². The zero-order valence-corrected chi connectivity index (χ0v) is 8.05. The van der Waals surface area contributed by atoms with E-state index in [1.807, 2.05) is 0 Å². The fourth-order valence-corrected chi connectivity index (χ4v) is 1.87. The molecule has 0 fully saturated rings. The van der Waals surface area contributed by atoms with Crippen LogP contribution in [0.25, 0.3) is 0 Å². The lowest BCUT2D eigenvalue weighted by molar-refractivity contribution is 0.228. The first-order valence-corrected chi connectivity index (χ1v) is 4.30. The van der Waals surface area contributed by atoms with Crippen LogP contribution in [0, 0.1) is 0 Å².